The maximum Gasteiger partial charge on any atom is 0.246 e. The van der Waals surface area contributed by atoms with Gasteiger partial charge in [-0.15, -0.1) is 0 Å². The van der Waals surface area contributed by atoms with Crippen molar-refractivity contribution in [2.75, 3.05) is 19.6 Å². The molecule has 3 heterocycles. The van der Waals surface area contributed by atoms with Crippen LogP contribution >= 0.6 is 0 Å². The summed E-state index contributed by atoms with van der Waals surface area (Å²) in [6.07, 6.45) is 6.17. The number of aryl methyl sites for hydroxylation is 1. The van der Waals surface area contributed by atoms with Crippen LogP contribution in [0.25, 0.3) is 0 Å². The van der Waals surface area contributed by atoms with Crippen molar-refractivity contribution in [2.45, 2.75) is 43.2 Å². The van der Waals surface area contributed by atoms with Crippen molar-refractivity contribution >= 4 is 10.0 Å². The molecule has 112 valence electrons. The van der Waals surface area contributed by atoms with Crippen molar-refractivity contribution in [1.82, 2.24) is 19.0 Å². The molecule has 1 aromatic rings. The molecule has 0 N–H and O–H groups in total. The van der Waals surface area contributed by atoms with E-state index < -0.39 is 10.0 Å². The smallest absolute Gasteiger partial charge is 0.246 e. The maximum atomic E-state index is 12.8. The standard InChI is InChI=1S/C13H22N4O2S/c1-3-11-8-16-6-4-5-12(16)9-17(11)20(18,19)13-7-14-15(2)10-13/h7,10-12H,3-6,8-9H2,1-2H3. The second-order valence-electron chi connectivity index (χ2n) is 5.78. The molecule has 0 spiro atoms. The molecule has 2 saturated heterocycles. The molecule has 0 aliphatic carbocycles. The van der Waals surface area contributed by atoms with Gasteiger partial charge in [-0.3, -0.25) is 9.58 Å². The third kappa shape index (κ3) is 2.27. The third-order valence-corrected chi connectivity index (χ3v) is 6.37. The predicted octanol–water partition coefficient (Wildman–Crippen LogP) is 0.667. The number of rotatable bonds is 3. The van der Waals surface area contributed by atoms with Crippen LogP contribution in [0.5, 0.6) is 0 Å². The van der Waals surface area contributed by atoms with Gasteiger partial charge in [0.1, 0.15) is 4.90 Å². The second-order valence-corrected chi connectivity index (χ2v) is 7.67. The average Bonchev–Trinajstić information content (AvgIpc) is 3.05. The largest absolute Gasteiger partial charge is 0.297 e. The lowest BCUT2D eigenvalue weighted by molar-refractivity contribution is 0.106. The summed E-state index contributed by atoms with van der Waals surface area (Å²) >= 11 is 0. The van der Waals surface area contributed by atoms with Gasteiger partial charge in [-0.05, 0) is 25.8 Å². The van der Waals surface area contributed by atoms with Crippen LogP contribution in [0.15, 0.2) is 17.3 Å². The lowest BCUT2D eigenvalue weighted by Gasteiger charge is -2.42. The molecule has 2 unspecified atom stereocenters. The first-order valence-corrected chi connectivity index (χ1v) is 8.71. The molecule has 0 bridgehead atoms. The van der Waals surface area contributed by atoms with Gasteiger partial charge in [0.2, 0.25) is 10.0 Å². The molecule has 20 heavy (non-hydrogen) atoms. The topological polar surface area (TPSA) is 58.4 Å². The van der Waals surface area contributed by atoms with Crippen LogP contribution in [-0.2, 0) is 17.1 Å². The summed E-state index contributed by atoms with van der Waals surface area (Å²) in [7, 11) is -1.68. The fourth-order valence-corrected chi connectivity index (χ4v) is 5.07. The van der Waals surface area contributed by atoms with Crippen molar-refractivity contribution in [1.29, 1.82) is 0 Å². The van der Waals surface area contributed by atoms with Gasteiger partial charge < -0.3 is 0 Å². The average molecular weight is 298 g/mol. The van der Waals surface area contributed by atoms with E-state index in [0.717, 1.165) is 25.9 Å². The van der Waals surface area contributed by atoms with Crippen LogP contribution in [0.1, 0.15) is 26.2 Å². The molecule has 0 radical (unpaired) electrons. The molecular weight excluding hydrogens is 276 g/mol. The van der Waals surface area contributed by atoms with Gasteiger partial charge in [0, 0.05) is 38.4 Å². The van der Waals surface area contributed by atoms with Crippen molar-refractivity contribution in [3.63, 3.8) is 0 Å². The quantitative estimate of drug-likeness (QED) is 0.823. The first kappa shape index (κ1) is 14.0. The van der Waals surface area contributed by atoms with Gasteiger partial charge in [0.25, 0.3) is 0 Å². The highest BCUT2D eigenvalue weighted by Gasteiger charge is 2.41. The van der Waals surface area contributed by atoms with E-state index in [0.29, 0.717) is 17.5 Å². The summed E-state index contributed by atoms with van der Waals surface area (Å²) < 4.78 is 28.9. The summed E-state index contributed by atoms with van der Waals surface area (Å²) in [5.74, 6) is 0. The molecule has 0 amide bonds. The zero-order valence-electron chi connectivity index (χ0n) is 12.1. The van der Waals surface area contributed by atoms with Crippen molar-refractivity contribution in [3.05, 3.63) is 12.4 Å². The molecule has 2 aliphatic heterocycles. The summed E-state index contributed by atoms with van der Waals surface area (Å²) in [6.45, 7) is 4.66. The highest BCUT2D eigenvalue weighted by molar-refractivity contribution is 7.89. The van der Waals surface area contributed by atoms with Crippen molar-refractivity contribution in [2.24, 2.45) is 7.05 Å². The van der Waals surface area contributed by atoms with E-state index in [-0.39, 0.29) is 6.04 Å². The Balaban J connectivity index is 1.90. The Bertz CT molecular complexity index is 583. The first-order chi connectivity index (χ1) is 9.52. The number of fused-ring (bicyclic) bond motifs is 1. The summed E-state index contributed by atoms with van der Waals surface area (Å²) in [5.41, 5.74) is 0. The van der Waals surface area contributed by atoms with Gasteiger partial charge >= 0.3 is 0 Å². The van der Waals surface area contributed by atoms with Gasteiger partial charge in [0.15, 0.2) is 0 Å². The molecule has 2 aliphatic rings. The van der Waals surface area contributed by atoms with E-state index in [4.69, 9.17) is 0 Å². The maximum absolute atomic E-state index is 12.8. The van der Waals surface area contributed by atoms with Gasteiger partial charge in [-0.2, -0.15) is 9.40 Å². The van der Waals surface area contributed by atoms with E-state index in [1.54, 1.807) is 22.2 Å². The molecular formula is C13H22N4O2S. The lowest BCUT2D eigenvalue weighted by Crippen LogP contribution is -2.57. The Hall–Kier alpha value is -0.920. The van der Waals surface area contributed by atoms with E-state index in [1.165, 1.54) is 12.6 Å². The van der Waals surface area contributed by atoms with Gasteiger partial charge in [-0.25, -0.2) is 8.42 Å². The highest BCUT2D eigenvalue weighted by atomic mass is 32.2. The van der Waals surface area contributed by atoms with Crippen LogP contribution in [0, 0.1) is 0 Å². The van der Waals surface area contributed by atoms with Gasteiger partial charge in [0.05, 0.1) is 6.20 Å². The number of nitrogens with zero attached hydrogens (tertiary/aromatic N) is 4. The minimum absolute atomic E-state index is 0.0783. The number of sulfonamides is 1. The molecule has 0 aromatic carbocycles. The molecule has 2 atom stereocenters. The fourth-order valence-electron chi connectivity index (χ4n) is 3.36. The van der Waals surface area contributed by atoms with Crippen LogP contribution in [0.3, 0.4) is 0 Å². The van der Waals surface area contributed by atoms with E-state index >= 15 is 0 Å². The molecule has 3 rings (SSSR count). The van der Waals surface area contributed by atoms with Gasteiger partial charge in [-0.1, -0.05) is 6.92 Å². The molecule has 0 saturated carbocycles. The zero-order chi connectivity index (χ0) is 14.3. The molecule has 7 heteroatoms. The zero-order valence-corrected chi connectivity index (χ0v) is 12.9. The summed E-state index contributed by atoms with van der Waals surface area (Å²) in [4.78, 5) is 2.76. The third-order valence-electron chi connectivity index (χ3n) is 4.50. The van der Waals surface area contributed by atoms with E-state index in [2.05, 4.69) is 16.9 Å². The fraction of sp³-hybridized carbons (Fsp3) is 0.769. The minimum Gasteiger partial charge on any atom is -0.297 e. The Morgan fingerprint density at radius 2 is 2.20 bits per heavy atom. The Kier molecular flexibility index (Phi) is 3.60. The first-order valence-electron chi connectivity index (χ1n) is 7.27. The van der Waals surface area contributed by atoms with Crippen LogP contribution in [0.2, 0.25) is 0 Å². The van der Waals surface area contributed by atoms with E-state index in [1.807, 2.05) is 0 Å². The molecule has 6 nitrogen and oxygen atoms in total. The highest BCUT2D eigenvalue weighted by Crippen LogP contribution is 2.29. The Morgan fingerprint density at radius 1 is 1.40 bits per heavy atom. The molecule has 2 fully saturated rings. The van der Waals surface area contributed by atoms with Crippen LogP contribution in [0.4, 0.5) is 0 Å². The second kappa shape index (κ2) is 5.13. The van der Waals surface area contributed by atoms with Crippen molar-refractivity contribution < 1.29 is 8.42 Å². The SMILES string of the molecule is CCC1CN2CCCC2CN1S(=O)(=O)c1cnn(C)c1. The number of hydrogen-bond donors (Lipinski definition) is 0. The number of hydrogen-bond acceptors (Lipinski definition) is 4. The monoisotopic (exact) mass is 298 g/mol. The summed E-state index contributed by atoms with van der Waals surface area (Å²) in [5, 5.41) is 4.00. The normalized spacial score (nSPS) is 28.7. The van der Waals surface area contributed by atoms with Crippen LogP contribution in [-0.4, -0.2) is 59.1 Å². The Morgan fingerprint density at radius 3 is 2.85 bits per heavy atom. The number of aromatic nitrogens is 2. The van der Waals surface area contributed by atoms with Crippen molar-refractivity contribution in [3.8, 4) is 0 Å². The minimum atomic E-state index is -3.42. The number of piperazine rings is 1. The lowest BCUT2D eigenvalue weighted by atomic mass is 10.1. The Labute approximate surface area is 120 Å². The summed E-state index contributed by atoms with van der Waals surface area (Å²) in [6, 6.07) is 0.471. The molecule has 1 aromatic heterocycles. The predicted molar refractivity (Wildman–Crippen MR) is 75.8 cm³/mol. The van der Waals surface area contributed by atoms with E-state index in [9.17, 15) is 8.42 Å². The van der Waals surface area contributed by atoms with Crippen LogP contribution < -0.4 is 0 Å².